The van der Waals surface area contributed by atoms with Crippen molar-refractivity contribution in [2.75, 3.05) is 5.73 Å². The fraction of sp³-hybridized carbons (Fsp3) is 0.200. The monoisotopic (exact) mass is 323 g/mol. The summed E-state index contributed by atoms with van der Waals surface area (Å²) in [4.78, 5) is 9.49. The Morgan fingerprint density at radius 1 is 1.29 bits per heavy atom. The molecule has 2 rings (SSSR count). The number of oxime groups is 1. The highest BCUT2D eigenvalue weighted by Gasteiger charge is 2.11. The van der Waals surface area contributed by atoms with Crippen molar-refractivity contribution in [3.8, 4) is 0 Å². The molecule has 0 fully saturated rings. The van der Waals surface area contributed by atoms with E-state index in [0.717, 1.165) is 0 Å². The lowest BCUT2D eigenvalue weighted by molar-refractivity contribution is 0.127. The molecule has 0 spiro atoms. The summed E-state index contributed by atoms with van der Waals surface area (Å²) < 4.78 is 0. The highest BCUT2D eigenvalue weighted by atomic mass is 35.5. The lowest BCUT2D eigenvalue weighted by Crippen LogP contribution is -2.03. The van der Waals surface area contributed by atoms with E-state index in [1.807, 2.05) is 6.92 Å². The van der Waals surface area contributed by atoms with Gasteiger partial charge in [-0.1, -0.05) is 41.3 Å². The third-order valence-electron chi connectivity index (χ3n) is 2.81. The molecular formula is C15H15Cl2N3O. The molecule has 0 saturated heterocycles. The minimum Gasteiger partial charge on any atom is -0.399 e. The second-order valence-electron chi connectivity index (χ2n) is 4.34. The molecule has 2 aromatic rings. The van der Waals surface area contributed by atoms with E-state index in [9.17, 15) is 0 Å². The van der Waals surface area contributed by atoms with E-state index in [1.54, 1.807) is 36.5 Å². The Morgan fingerprint density at radius 3 is 2.62 bits per heavy atom. The maximum atomic E-state index is 6.17. The van der Waals surface area contributed by atoms with Crippen LogP contribution in [0.4, 0.5) is 5.69 Å². The molecule has 21 heavy (non-hydrogen) atoms. The van der Waals surface area contributed by atoms with Gasteiger partial charge in [0.15, 0.2) is 6.61 Å². The predicted octanol–water partition coefficient (Wildman–Crippen LogP) is 4.30. The van der Waals surface area contributed by atoms with Gasteiger partial charge in [0.05, 0.1) is 21.5 Å². The Bertz CT molecular complexity index is 639. The van der Waals surface area contributed by atoms with Gasteiger partial charge < -0.3 is 10.6 Å². The maximum Gasteiger partial charge on any atom is 0.159 e. The van der Waals surface area contributed by atoms with E-state index in [-0.39, 0.29) is 6.61 Å². The van der Waals surface area contributed by atoms with Crippen LogP contribution in [0.3, 0.4) is 0 Å². The van der Waals surface area contributed by atoms with Crippen molar-refractivity contribution >= 4 is 34.6 Å². The third kappa shape index (κ3) is 4.09. The number of halogens is 2. The Hall–Kier alpha value is -1.78. The molecule has 0 bridgehead atoms. The van der Waals surface area contributed by atoms with Crippen LogP contribution in [0, 0.1) is 0 Å². The molecular weight excluding hydrogens is 309 g/mol. The predicted molar refractivity (Wildman–Crippen MR) is 86.7 cm³/mol. The van der Waals surface area contributed by atoms with Gasteiger partial charge in [0.2, 0.25) is 0 Å². The molecule has 1 aromatic heterocycles. The third-order valence-corrected chi connectivity index (χ3v) is 3.44. The van der Waals surface area contributed by atoms with Crippen LogP contribution in [0.2, 0.25) is 10.0 Å². The zero-order chi connectivity index (χ0) is 15.2. The number of nitrogen functional groups attached to an aromatic ring is 1. The molecule has 0 aliphatic heterocycles. The van der Waals surface area contributed by atoms with Crippen molar-refractivity contribution in [3.05, 3.63) is 57.8 Å². The van der Waals surface area contributed by atoms with E-state index in [1.165, 1.54) is 0 Å². The minimum absolute atomic E-state index is 0.233. The Balaban J connectivity index is 2.14. The second kappa shape index (κ2) is 7.29. The average molecular weight is 324 g/mol. The van der Waals surface area contributed by atoms with Crippen LogP contribution in [0.25, 0.3) is 0 Å². The molecule has 6 heteroatoms. The molecule has 110 valence electrons. The number of pyridine rings is 1. The molecule has 1 heterocycles. The zero-order valence-electron chi connectivity index (χ0n) is 11.5. The van der Waals surface area contributed by atoms with Crippen molar-refractivity contribution < 1.29 is 4.84 Å². The first-order valence-electron chi connectivity index (χ1n) is 6.45. The summed E-state index contributed by atoms with van der Waals surface area (Å²) in [5.74, 6) is 0. The number of nitrogens with zero attached hydrogens (tertiary/aromatic N) is 2. The Morgan fingerprint density at radius 2 is 2.00 bits per heavy atom. The molecule has 2 N–H and O–H groups in total. The van der Waals surface area contributed by atoms with Gasteiger partial charge in [0.1, 0.15) is 0 Å². The highest BCUT2D eigenvalue weighted by Crippen LogP contribution is 2.26. The van der Waals surface area contributed by atoms with Crippen LogP contribution in [-0.4, -0.2) is 10.7 Å². The number of rotatable bonds is 5. The lowest BCUT2D eigenvalue weighted by atomic mass is 10.1. The normalized spacial score (nSPS) is 11.5. The van der Waals surface area contributed by atoms with E-state index in [4.69, 9.17) is 33.8 Å². The van der Waals surface area contributed by atoms with E-state index >= 15 is 0 Å². The van der Waals surface area contributed by atoms with Crippen molar-refractivity contribution in [2.45, 2.75) is 20.0 Å². The van der Waals surface area contributed by atoms with Gasteiger partial charge in [-0.15, -0.1) is 0 Å². The quantitative estimate of drug-likeness (QED) is 0.659. The molecule has 0 saturated carbocycles. The highest BCUT2D eigenvalue weighted by molar-refractivity contribution is 6.40. The van der Waals surface area contributed by atoms with Gasteiger partial charge in [-0.3, -0.25) is 4.98 Å². The largest absolute Gasteiger partial charge is 0.399 e. The van der Waals surface area contributed by atoms with Crippen LogP contribution >= 0.6 is 23.2 Å². The number of aromatic nitrogens is 1. The fourth-order valence-electron chi connectivity index (χ4n) is 1.81. The molecule has 4 nitrogen and oxygen atoms in total. The second-order valence-corrected chi connectivity index (χ2v) is 5.16. The Kier molecular flexibility index (Phi) is 5.42. The first-order chi connectivity index (χ1) is 10.1. The summed E-state index contributed by atoms with van der Waals surface area (Å²) >= 11 is 12.3. The first kappa shape index (κ1) is 15.6. The standard InChI is InChI=1S/C15H15Cl2N3O/c1-2-14(15-12(16)4-3-5-13(15)17)20-21-9-11-8-10(18)6-7-19-11/h3-8H,2,9H2,1H3,(H2,18,19)/b20-14+. The van der Waals surface area contributed by atoms with Crippen molar-refractivity contribution in [1.82, 2.24) is 4.98 Å². The SMILES string of the molecule is CC/C(=N\OCc1cc(N)ccn1)c1c(Cl)cccc1Cl. The van der Waals surface area contributed by atoms with Crippen LogP contribution < -0.4 is 5.73 Å². The molecule has 0 amide bonds. The van der Waals surface area contributed by atoms with Gasteiger partial charge >= 0.3 is 0 Å². The average Bonchev–Trinajstić information content (AvgIpc) is 2.45. The van der Waals surface area contributed by atoms with Crippen LogP contribution in [0.15, 0.2) is 41.7 Å². The van der Waals surface area contributed by atoms with Gasteiger partial charge in [-0.05, 0) is 30.7 Å². The van der Waals surface area contributed by atoms with Crippen LogP contribution in [-0.2, 0) is 11.4 Å². The summed E-state index contributed by atoms with van der Waals surface area (Å²) in [7, 11) is 0. The zero-order valence-corrected chi connectivity index (χ0v) is 13.0. The van der Waals surface area contributed by atoms with Gasteiger partial charge in [-0.2, -0.15) is 0 Å². The number of nitrogens with two attached hydrogens (primary N) is 1. The molecule has 1 aromatic carbocycles. The van der Waals surface area contributed by atoms with Crippen LogP contribution in [0.1, 0.15) is 24.6 Å². The summed E-state index contributed by atoms with van der Waals surface area (Å²) in [6.45, 7) is 2.19. The number of hydrogen-bond donors (Lipinski definition) is 1. The molecule has 0 radical (unpaired) electrons. The number of hydrogen-bond acceptors (Lipinski definition) is 4. The fourth-order valence-corrected chi connectivity index (χ4v) is 2.43. The lowest BCUT2D eigenvalue weighted by Gasteiger charge is -2.08. The van der Waals surface area contributed by atoms with Gasteiger partial charge in [0, 0.05) is 17.4 Å². The smallest absolute Gasteiger partial charge is 0.159 e. The summed E-state index contributed by atoms with van der Waals surface area (Å²) in [5.41, 5.74) is 8.41. The minimum atomic E-state index is 0.233. The van der Waals surface area contributed by atoms with Gasteiger partial charge in [0.25, 0.3) is 0 Å². The first-order valence-corrected chi connectivity index (χ1v) is 7.21. The topological polar surface area (TPSA) is 60.5 Å². The van der Waals surface area contributed by atoms with Crippen molar-refractivity contribution in [1.29, 1.82) is 0 Å². The summed E-state index contributed by atoms with van der Waals surface area (Å²) in [5, 5.41) is 5.23. The van der Waals surface area contributed by atoms with E-state index in [0.29, 0.717) is 39.1 Å². The van der Waals surface area contributed by atoms with E-state index < -0.39 is 0 Å². The van der Waals surface area contributed by atoms with Gasteiger partial charge in [-0.25, -0.2) is 0 Å². The molecule has 0 aliphatic rings. The maximum absolute atomic E-state index is 6.17. The Labute approximate surface area is 133 Å². The van der Waals surface area contributed by atoms with Crippen molar-refractivity contribution in [2.24, 2.45) is 5.16 Å². The molecule has 0 unspecified atom stereocenters. The summed E-state index contributed by atoms with van der Waals surface area (Å²) in [6.07, 6.45) is 2.28. The van der Waals surface area contributed by atoms with E-state index in [2.05, 4.69) is 10.1 Å². The van der Waals surface area contributed by atoms with Crippen molar-refractivity contribution in [3.63, 3.8) is 0 Å². The number of anilines is 1. The molecule has 0 atom stereocenters. The summed E-state index contributed by atoms with van der Waals surface area (Å²) in [6, 6.07) is 8.79. The molecule has 0 aliphatic carbocycles. The number of benzene rings is 1. The van der Waals surface area contributed by atoms with Crippen LogP contribution in [0.5, 0.6) is 0 Å².